The summed E-state index contributed by atoms with van der Waals surface area (Å²) in [5, 5.41) is 5.87. The maximum Gasteiger partial charge on any atom is 0.408 e. The van der Waals surface area contributed by atoms with Crippen LogP contribution in [0.5, 0.6) is 0 Å². The number of amides is 2. The Balaban J connectivity index is 1.69. The lowest BCUT2D eigenvalue weighted by molar-refractivity contribution is -0.119. The van der Waals surface area contributed by atoms with Crippen LogP contribution in [-0.4, -0.2) is 35.2 Å². The van der Waals surface area contributed by atoms with Gasteiger partial charge >= 0.3 is 6.09 Å². The first-order valence-electron chi connectivity index (χ1n) is 10.7. The second-order valence-corrected chi connectivity index (χ2v) is 9.68. The molecule has 1 heterocycles. The van der Waals surface area contributed by atoms with Gasteiger partial charge in [0.2, 0.25) is 0 Å². The molecule has 2 N–H and O–H groups in total. The minimum Gasteiger partial charge on any atom is -0.444 e. The van der Waals surface area contributed by atoms with E-state index in [1.165, 1.54) is 11.3 Å². The monoisotopic (exact) mass is 467 g/mol. The smallest absolute Gasteiger partial charge is 0.408 e. The third kappa shape index (κ3) is 7.69. The number of aryl methyl sites for hydroxylation is 1. The Morgan fingerprint density at radius 1 is 1.03 bits per heavy atom. The largest absolute Gasteiger partial charge is 0.444 e. The number of rotatable bonds is 8. The lowest BCUT2D eigenvalue weighted by Crippen LogP contribution is -2.48. The summed E-state index contributed by atoms with van der Waals surface area (Å²) in [4.78, 5) is 30.9. The van der Waals surface area contributed by atoms with Crippen LogP contribution in [0, 0.1) is 6.92 Å². The van der Waals surface area contributed by atoms with Crippen molar-refractivity contribution in [1.82, 2.24) is 10.3 Å². The molecule has 174 valence electrons. The fraction of sp³-hybridized carbons (Fsp3) is 0.320. The van der Waals surface area contributed by atoms with E-state index in [2.05, 4.69) is 15.6 Å². The van der Waals surface area contributed by atoms with Gasteiger partial charge in [-0.25, -0.2) is 9.78 Å². The summed E-state index contributed by atoms with van der Waals surface area (Å²) in [7, 11) is 0. The second kappa shape index (κ2) is 11.1. The minimum absolute atomic E-state index is 0.0180. The van der Waals surface area contributed by atoms with E-state index in [9.17, 15) is 9.59 Å². The second-order valence-electron chi connectivity index (χ2n) is 8.48. The molecule has 2 aromatic carbocycles. The number of hydrogen-bond donors (Lipinski definition) is 2. The topological polar surface area (TPSA) is 89.6 Å². The normalized spacial score (nSPS) is 12.1. The van der Waals surface area contributed by atoms with E-state index < -0.39 is 23.6 Å². The molecule has 0 fully saturated rings. The summed E-state index contributed by atoms with van der Waals surface area (Å²) in [6.07, 6.45) is -0.689. The molecule has 3 rings (SSSR count). The van der Waals surface area contributed by atoms with Gasteiger partial charge in [-0.1, -0.05) is 60.7 Å². The molecule has 0 saturated heterocycles. The minimum atomic E-state index is -0.951. The first kappa shape index (κ1) is 24.4. The van der Waals surface area contributed by atoms with Gasteiger partial charge in [-0.05, 0) is 33.3 Å². The third-order valence-corrected chi connectivity index (χ3v) is 5.36. The molecule has 0 saturated carbocycles. The molecule has 2 amide bonds. The Labute approximate surface area is 198 Å². The van der Waals surface area contributed by atoms with Crippen molar-refractivity contribution in [2.45, 2.75) is 45.9 Å². The molecular weight excluding hydrogens is 438 g/mol. The number of aromatic nitrogens is 1. The van der Waals surface area contributed by atoms with Crippen LogP contribution >= 0.6 is 11.3 Å². The summed E-state index contributed by atoms with van der Waals surface area (Å²) in [6.45, 7) is 7.53. The molecule has 0 radical (unpaired) electrons. The van der Waals surface area contributed by atoms with Crippen LogP contribution in [0.4, 0.5) is 9.93 Å². The number of nitrogens with one attached hydrogen (secondary N) is 2. The fourth-order valence-electron chi connectivity index (χ4n) is 3.01. The maximum atomic E-state index is 13.0. The van der Waals surface area contributed by atoms with Crippen molar-refractivity contribution in [2.75, 3.05) is 11.9 Å². The highest BCUT2D eigenvalue weighted by Crippen LogP contribution is 2.30. The molecule has 7 nitrogen and oxygen atoms in total. The Morgan fingerprint density at radius 2 is 1.67 bits per heavy atom. The molecule has 3 aromatic rings. The fourth-order valence-corrected chi connectivity index (χ4v) is 3.85. The molecule has 0 aliphatic carbocycles. The van der Waals surface area contributed by atoms with Gasteiger partial charge in [-0.3, -0.25) is 4.79 Å². The van der Waals surface area contributed by atoms with Crippen LogP contribution in [0.25, 0.3) is 11.3 Å². The predicted octanol–water partition coefficient (Wildman–Crippen LogP) is 5.17. The highest BCUT2D eigenvalue weighted by Gasteiger charge is 2.26. The van der Waals surface area contributed by atoms with E-state index in [-0.39, 0.29) is 6.61 Å². The van der Waals surface area contributed by atoms with Gasteiger partial charge in [0.05, 0.1) is 18.9 Å². The third-order valence-electron chi connectivity index (χ3n) is 4.48. The average Bonchev–Trinajstić information content (AvgIpc) is 3.13. The van der Waals surface area contributed by atoms with Gasteiger partial charge in [0.25, 0.3) is 5.91 Å². The molecule has 1 aromatic heterocycles. The van der Waals surface area contributed by atoms with Crippen LogP contribution in [0.2, 0.25) is 0 Å². The Hall–Kier alpha value is -3.23. The Kier molecular flexibility index (Phi) is 8.19. The zero-order valence-corrected chi connectivity index (χ0v) is 20.1. The quantitative estimate of drug-likeness (QED) is 0.477. The highest BCUT2D eigenvalue weighted by molar-refractivity contribution is 7.16. The van der Waals surface area contributed by atoms with Gasteiger partial charge in [-0.2, -0.15) is 0 Å². The van der Waals surface area contributed by atoms with Crippen molar-refractivity contribution in [3.05, 3.63) is 71.1 Å². The van der Waals surface area contributed by atoms with Gasteiger partial charge in [0.1, 0.15) is 11.6 Å². The molecule has 0 spiro atoms. The van der Waals surface area contributed by atoms with Crippen LogP contribution in [-0.2, 0) is 20.9 Å². The summed E-state index contributed by atoms with van der Waals surface area (Å²) in [6, 6.07) is 18.4. The Bertz CT molecular complexity index is 1060. The first-order valence-corrected chi connectivity index (χ1v) is 11.5. The van der Waals surface area contributed by atoms with Gasteiger partial charge in [0.15, 0.2) is 5.13 Å². The highest BCUT2D eigenvalue weighted by atomic mass is 32.1. The summed E-state index contributed by atoms with van der Waals surface area (Å²) in [5.74, 6) is -0.428. The van der Waals surface area contributed by atoms with Crippen LogP contribution < -0.4 is 10.6 Å². The number of nitrogens with zero attached hydrogens (tertiary/aromatic N) is 1. The van der Waals surface area contributed by atoms with E-state index >= 15 is 0 Å². The number of alkyl carbamates (subject to hydrolysis) is 1. The van der Waals surface area contributed by atoms with Crippen molar-refractivity contribution in [3.63, 3.8) is 0 Å². The molecule has 33 heavy (non-hydrogen) atoms. The number of thiazole rings is 1. The molecule has 0 aliphatic heterocycles. The number of benzene rings is 2. The molecule has 1 atom stereocenters. The zero-order valence-electron chi connectivity index (χ0n) is 19.3. The number of ether oxygens (including phenoxy) is 2. The van der Waals surface area contributed by atoms with E-state index in [0.717, 1.165) is 21.7 Å². The lowest BCUT2D eigenvalue weighted by Gasteiger charge is -2.23. The van der Waals surface area contributed by atoms with Gasteiger partial charge in [0, 0.05) is 10.4 Å². The van der Waals surface area contributed by atoms with Crippen LogP contribution in [0.3, 0.4) is 0 Å². The van der Waals surface area contributed by atoms with Crippen molar-refractivity contribution in [1.29, 1.82) is 0 Å². The van der Waals surface area contributed by atoms with Crippen molar-refractivity contribution in [2.24, 2.45) is 0 Å². The predicted molar refractivity (Wildman–Crippen MR) is 130 cm³/mol. The lowest BCUT2D eigenvalue weighted by atomic mass is 10.1. The Morgan fingerprint density at radius 3 is 2.30 bits per heavy atom. The number of carbonyl (C=O) groups is 2. The van der Waals surface area contributed by atoms with E-state index in [0.29, 0.717) is 11.7 Å². The first-order chi connectivity index (χ1) is 15.7. The van der Waals surface area contributed by atoms with Gasteiger partial charge in [-0.15, -0.1) is 11.3 Å². The van der Waals surface area contributed by atoms with Crippen molar-refractivity contribution < 1.29 is 19.1 Å². The molecule has 0 unspecified atom stereocenters. The molecule has 0 aliphatic rings. The number of anilines is 1. The van der Waals surface area contributed by atoms with Crippen molar-refractivity contribution in [3.8, 4) is 11.3 Å². The summed E-state index contributed by atoms with van der Waals surface area (Å²) < 4.78 is 11.0. The van der Waals surface area contributed by atoms with Crippen LogP contribution in [0.15, 0.2) is 60.7 Å². The summed E-state index contributed by atoms with van der Waals surface area (Å²) >= 11 is 1.38. The molecule has 8 heteroatoms. The summed E-state index contributed by atoms with van der Waals surface area (Å²) in [5.41, 5.74) is 2.07. The average molecular weight is 468 g/mol. The van der Waals surface area contributed by atoms with Crippen molar-refractivity contribution >= 4 is 28.5 Å². The van der Waals surface area contributed by atoms with E-state index in [4.69, 9.17) is 9.47 Å². The van der Waals surface area contributed by atoms with Gasteiger partial charge < -0.3 is 20.1 Å². The molecular formula is C25H29N3O4S. The SMILES string of the molecule is Cc1sc(NC(=O)[C@H](COCc2ccccc2)NC(=O)OC(C)(C)C)nc1-c1ccccc1. The van der Waals surface area contributed by atoms with Crippen LogP contribution in [0.1, 0.15) is 31.2 Å². The zero-order chi connectivity index (χ0) is 23.8. The van der Waals surface area contributed by atoms with E-state index in [1.54, 1.807) is 20.8 Å². The maximum absolute atomic E-state index is 13.0. The van der Waals surface area contributed by atoms with E-state index in [1.807, 2.05) is 67.6 Å². The number of hydrogen-bond acceptors (Lipinski definition) is 6. The standard InChI is InChI=1S/C25H29N3O4S/c1-17-21(19-13-9-6-10-14-19)27-23(33-17)28-22(29)20(26-24(30)32-25(2,3)4)16-31-15-18-11-7-5-8-12-18/h5-14,20H,15-16H2,1-4H3,(H,26,30)(H,27,28,29)/t20-/m0/s1. The number of carbonyl (C=O) groups excluding carboxylic acids is 2. The molecule has 0 bridgehead atoms.